The minimum atomic E-state index is -0.751. The summed E-state index contributed by atoms with van der Waals surface area (Å²) in [6.07, 6.45) is 2.41. The van der Waals surface area contributed by atoms with E-state index in [9.17, 15) is 9.18 Å². The highest BCUT2D eigenvalue weighted by atomic mass is 79.9. The normalized spacial score (nSPS) is 10.9. The summed E-state index contributed by atoms with van der Waals surface area (Å²) in [5, 5.41) is 8.53. The lowest BCUT2D eigenvalue weighted by molar-refractivity contribution is -0.137. The summed E-state index contributed by atoms with van der Waals surface area (Å²) >= 11 is 3.33. The Kier molecular flexibility index (Phi) is 7.02. The van der Waals surface area contributed by atoms with E-state index in [0.29, 0.717) is 18.4 Å². The molecule has 1 aromatic rings. The van der Waals surface area contributed by atoms with Crippen molar-refractivity contribution in [1.82, 2.24) is 4.90 Å². The molecular weight excluding hydrogens is 313 g/mol. The van der Waals surface area contributed by atoms with E-state index in [1.165, 1.54) is 6.07 Å². The van der Waals surface area contributed by atoms with Crippen LogP contribution < -0.4 is 0 Å². The van der Waals surface area contributed by atoms with Crippen LogP contribution in [0.4, 0.5) is 4.39 Å². The molecule has 0 radical (unpaired) electrons. The fraction of sp³-hybridized carbons (Fsp3) is 0.500. The van der Waals surface area contributed by atoms with E-state index < -0.39 is 5.97 Å². The third-order valence-electron chi connectivity index (χ3n) is 2.95. The summed E-state index contributed by atoms with van der Waals surface area (Å²) < 4.78 is 14.4. The van der Waals surface area contributed by atoms with E-state index in [-0.39, 0.29) is 12.2 Å². The van der Waals surface area contributed by atoms with Gasteiger partial charge in [0.25, 0.3) is 0 Å². The Morgan fingerprint density at radius 3 is 2.79 bits per heavy atom. The molecule has 1 rings (SSSR count). The molecule has 0 fully saturated rings. The van der Waals surface area contributed by atoms with Crippen LogP contribution in [0, 0.1) is 5.82 Å². The zero-order chi connectivity index (χ0) is 14.3. The van der Waals surface area contributed by atoms with Crippen molar-refractivity contribution in [2.75, 3.05) is 20.1 Å². The Bertz CT molecular complexity index is 426. The standard InChI is InChI=1S/C14H19BrFNO2/c1-17(8-3-2-4-14(18)19)9-7-11-10-12(15)5-6-13(11)16/h5-6,10H,2-4,7-9H2,1H3,(H,18,19). The maximum absolute atomic E-state index is 13.5. The summed E-state index contributed by atoms with van der Waals surface area (Å²) in [5.74, 6) is -0.929. The van der Waals surface area contributed by atoms with Crippen LogP contribution in [-0.4, -0.2) is 36.1 Å². The molecule has 1 aromatic carbocycles. The van der Waals surface area contributed by atoms with Crippen molar-refractivity contribution < 1.29 is 14.3 Å². The van der Waals surface area contributed by atoms with Crippen LogP contribution in [0.25, 0.3) is 0 Å². The molecule has 106 valence electrons. The Labute approximate surface area is 121 Å². The first-order chi connectivity index (χ1) is 8.99. The van der Waals surface area contributed by atoms with Crippen molar-refractivity contribution in [1.29, 1.82) is 0 Å². The lowest BCUT2D eigenvalue weighted by Gasteiger charge is -2.16. The molecule has 0 saturated heterocycles. The fourth-order valence-electron chi connectivity index (χ4n) is 1.82. The predicted molar refractivity (Wildman–Crippen MR) is 76.8 cm³/mol. The number of nitrogens with zero attached hydrogens (tertiary/aromatic N) is 1. The minimum Gasteiger partial charge on any atom is -0.481 e. The first-order valence-electron chi connectivity index (χ1n) is 6.33. The number of likely N-dealkylation sites (N-methyl/N-ethyl adjacent to an activating group) is 1. The van der Waals surface area contributed by atoms with Gasteiger partial charge in [-0.1, -0.05) is 15.9 Å². The Hall–Kier alpha value is -0.940. The van der Waals surface area contributed by atoms with E-state index in [0.717, 1.165) is 24.0 Å². The molecule has 1 N–H and O–H groups in total. The van der Waals surface area contributed by atoms with E-state index in [1.54, 1.807) is 12.1 Å². The van der Waals surface area contributed by atoms with Gasteiger partial charge in [-0.25, -0.2) is 4.39 Å². The predicted octanol–water partition coefficient (Wildman–Crippen LogP) is 3.32. The largest absolute Gasteiger partial charge is 0.481 e. The molecule has 0 aliphatic carbocycles. The molecule has 0 aliphatic rings. The average Bonchev–Trinajstić information content (AvgIpc) is 2.35. The maximum atomic E-state index is 13.5. The van der Waals surface area contributed by atoms with Gasteiger partial charge in [0.05, 0.1) is 0 Å². The third kappa shape index (κ3) is 6.68. The smallest absolute Gasteiger partial charge is 0.303 e. The summed E-state index contributed by atoms with van der Waals surface area (Å²) in [6, 6.07) is 4.95. The highest BCUT2D eigenvalue weighted by Gasteiger charge is 2.05. The van der Waals surface area contributed by atoms with Crippen LogP contribution in [0.3, 0.4) is 0 Å². The van der Waals surface area contributed by atoms with Crippen LogP contribution >= 0.6 is 15.9 Å². The highest BCUT2D eigenvalue weighted by molar-refractivity contribution is 9.10. The zero-order valence-electron chi connectivity index (χ0n) is 11.0. The van der Waals surface area contributed by atoms with Gasteiger partial charge >= 0.3 is 5.97 Å². The van der Waals surface area contributed by atoms with Crippen LogP contribution in [0.2, 0.25) is 0 Å². The third-order valence-corrected chi connectivity index (χ3v) is 3.44. The summed E-state index contributed by atoms with van der Waals surface area (Å²) in [4.78, 5) is 12.5. The second-order valence-electron chi connectivity index (χ2n) is 4.64. The number of aliphatic carboxylic acids is 1. The van der Waals surface area contributed by atoms with Crippen molar-refractivity contribution in [2.24, 2.45) is 0 Å². The van der Waals surface area contributed by atoms with Gasteiger partial charge in [0.2, 0.25) is 0 Å². The number of carboxylic acid groups (broad SMARTS) is 1. The highest BCUT2D eigenvalue weighted by Crippen LogP contribution is 2.16. The Morgan fingerprint density at radius 1 is 1.37 bits per heavy atom. The van der Waals surface area contributed by atoms with Gasteiger partial charge in [-0.15, -0.1) is 0 Å². The van der Waals surface area contributed by atoms with Crippen molar-refractivity contribution in [3.05, 3.63) is 34.1 Å². The second-order valence-corrected chi connectivity index (χ2v) is 5.56. The average molecular weight is 332 g/mol. The van der Waals surface area contributed by atoms with E-state index in [4.69, 9.17) is 5.11 Å². The molecule has 0 aromatic heterocycles. The Morgan fingerprint density at radius 2 is 2.11 bits per heavy atom. The van der Waals surface area contributed by atoms with Gasteiger partial charge in [-0.2, -0.15) is 0 Å². The van der Waals surface area contributed by atoms with Crippen molar-refractivity contribution in [3.8, 4) is 0 Å². The number of unbranched alkanes of at least 4 members (excludes halogenated alkanes) is 1. The number of benzene rings is 1. The van der Waals surface area contributed by atoms with Gasteiger partial charge < -0.3 is 10.0 Å². The molecule has 0 spiro atoms. The van der Waals surface area contributed by atoms with Crippen molar-refractivity contribution >= 4 is 21.9 Å². The van der Waals surface area contributed by atoms with E-state index >= 15 is 0 Å². The lowest BCUT2D eigenvalue weighted by atomic mass is 10.1. The number of rotatable bonds is 8. The first kappa shape index (κ1) is 16.1. The topological polar surface area (TPSA) is 40.5 Å². The van der Waals surface area contributed by atoms with Crippen molar-refractivity contribution in [2.45, 2.75) is 25.7 Å². The summed E-state index contributed by atoms with van der Waals surface area (Å²) in [7, 11) is 1.97. The molecular formula is C14H19BrFNO2. The zero-order valence-corrected chi connectivity index (χ0v) is 12.6. The molecule has 0 saturated carbocycles. The lowest BCUT2D eigenvalue weighted by Crippen LogP contribution is -2.22. The number of halogens is 2. The fourth-order valence-corrected chi connectivity index (χ4v) is 2.22. The molecule has 0 atom stereocenters. The monoisotopic (exact) mass is 331 g/mol. The van der Waals surface area contributed by atoms with Gasteiger partial charge in [-0.3, -0.25) is 4.79 Å². The Balaban J connectivity index is 2.27. The van der Waals surface area contributed by atoms with Gasteiger partial charge in [0.15, 0.2) is 0 Å². The SMILES string of the molecule is CN(CCCCC(=O)O)CCc1cc(Br)ccc1F. The second kappa shape index (κ2) is 8.27. The van der Waals surface area contributed by atoms with Crippen LogP contribution in [-0.2, 0) is 11.2 Å². The van der Waals surface area contributed by atoms with E-state index in [1.807, 2.05) is 7.05 Å². The van der Waals surface area contributed by atoms with Crippen LogP contribution in [0.1, 0.15) is 24.8 Å². The van der Waals surface area contributed by atoms with Crippen molar-refractivity contribution in [3.63, 3.8) is 0 Å². The maximum Gasteiger partial charge on any atom is 0.303 e. The van der Waals surface area contributed by atoms with Gasteiger partial charge in [0, 0.05) is 17.4 Å². The van der Waals surface area contributed by atoms with Crippen LogP contribution in [0.15, 0.2) is 22.7 Å². The molecule has 5 heteroatoms. The number of carboxylic acids is 1. The van der Waals surface area contributed by atoms with Gasteiger partial charge in [-0.05, 0) is 56.6 Å². The molecule has 0 unspecified atom stereocenters. The molecule has 0 heterocycles. The molecule has 0 bridgehead atoms. The minimum absolute atomic E-state index is 0.178. The summed E-state index contributed by atoms with van der Waals surface area (Å²) in [6.45, 7) is 1.60. The number of hydrogen-bond acceptors (Lipinski definition) is 2. The number of hydrogen-bond donors (Lipinski definition) is 1. The summed E-state index contributed by atoms with van der Waals surface area (Å²) in [5.41, 5.74) is 0.701. The molecule has 19 heavy (non-hydrogen) atoms. The van der Waals surface area contributed by atoms with Gasteiger partial charge in [0.1, 0.15) is 5.82 Å². The van der Waals surface area contributed by atoms with E-state index in [2.05, 4.69) is 20.8 Å². The quantitative estimate of drug-likeness (QED) is 0.743. The first-order valence-corrected chi connectivity index (χ1v) is 7.12. The molecule has 3 nitrogen and oxygen atoms in total. The molecule has 0 aliphatic heterocycles. The van der Waals surface area contributed by atoms with Crippen LogP contribution in [0.5, 0.6) is 0 Å². The molecule has 0 amide bonds. The number of carbonyl (C=O) groups is 1.